The number of Topliss-reactive ketones (excluding diaryl/α,β-unsaturated/α-hetero) is 1. The Hall–Kier alpha value is -2.17. The smallest absolute Gasteiger partial charge is 0.143 e. The minimum atomic E-state index is -0.465. The molecule has 4 heteroatoms. The van der Waals surface area contributed by atoms with Gasteiger partial charge >= 0.3 is 0 Å². The van der Waals surface area contributed by atoms with Gasteiger partial charge in [-0.2, -0.15) is 0 Å². The summed E-state index contributed by atoms with van der Waals surface area (Å²) in [6.07, 6.45) is 4.90. The number of para-hydroxylation sites is 2. The number of ketones is 1. The summed E-state index contributed by atoms with van der Waals surface area (Å²) in [5.41, 5.74) is 0.570. The highest BCUT2D eigenvalue weighted by atomic mass is 16.5. The minimum absolute atomic E-state index is 0.318. The summed E-state index contributed by atoms with van der Waals surface area (Å²) >= 11 is 0. The second-order valence-corrected chi connectivity index (χ2v) is 8.21. The van der Waals surface area contributed by atoms with Crippen LogP contribution in [0.15, 0.2) is 54.6 Å². The van der Waals surface area contributed by atoms with E-state index in [1.165, 1.54) is 6.42 Å². The van der Waals surface area contributed by atoms with Gasteiger partial charge in [0.25, 0.3) is 0 Å². The van der Waals surface area contributed by atoms with Gasteiger partial charge in [-0.1, -0.05) is 43.3 Å². The molecule has 2 aromatic rings. The minimum Gasteiger partial charge on any atom is -0.457 e. The lowest BCUT2D eigenvalue weighted by Crippen LogP contribution is -2.48. The van der Waals surface area contributed by atoms with Gasteiger partial charge in [0.2, 0.25) is 0 Å². The topological polar surface area (TPSA) is 38.8 Å². The van der Waals surface area contributed by atoms with Crippen LogP contribution in [-0.2, 0) is 14.9 Å². The van der Waals surface area contributed by atoms with Gasteiger partial charge in [0, 0.05) is 25.1 Å². The summed E-state index contributed by atoms with van der Waals surface area (Å²) in [7, 11) is 0. The summed E-state index contributed by atoms with van der Waals surface area (Å²) < 4.78 is 12.0. The van der Waals surface area contributed by atoms with Crippen LogP contribution in [-0.4, -0.2) is 43.0 Å². The number of likely N-dealkylation sites (tertiary alicyclic amines) is 1. The van der Waals surface area contributed by atoms with Crippen LogP contribution in [0.3, 0.4) is 0 Å². The Bertz CT molecular complexity index is 806. The molecule has 2 aliphatic rings. The molecule has 0 spiro atoms. The molecule has 1 unspecified atom stereocenters. The number of ether oxygens (including phenoxy) is 2. The number of nitrogens with zero attached hydrogens (tertiary/aromatic N) is 1. The van der Waals surface area contributed by atoms with Gasteiger partial charge < -0.3 is 14.4 Å². The first-order valence-corrected chi connectivity index (χ1v) is 10.9. The van der Waals surface area contributed by atoms with Gasteiger partial charge in [-0.25, -0.2) is 0 Å². The first-order valence-electron chi connectivity index (χ1n) is 10.9. The molecule has 154 valence electrons. The molecule has 2 aliphatic heterocycles. The van der Waals surface area contributed by atoms with Gasteiger partial charge in [0.1, 0.15) is 17.3 Å². The first-order chi connectivity index (χ1) is 14.2. The maximum Gasteiger partial charge on any atom is 0.143 e. The summed E-state index contributed by atoms with van der Waals surface area (Å²) in [5, 5.41) is 0. The number of benzene rings is 2. The summed E-state index contributed by atoms with van der Waals surface area (Å²) in [4.78, 5) is 15.7. The van der Waals surface area contributed by atoms with Gasteiger partial charge in [0.15, 0.2) is 0 Å². The summed E-state index contributed by atoms with van der Waals surface area (Å²) in [6, 6.07) is 17.9. The molecule has 2 saturated heterocycles. The largest absolute Gasteiger partial charge is 0.457 e. The Labute approximate surface area is 173 Å². The van der Waals surface area contributed by atoms with E-state index in [1.807, 2.05) is 55.5 Å². The molecule has 2 fully saturated rings. The number of carbonyl (C=O) groups is 1. The highest BCUT2D eigenvalue weighted by Gasteiger charge is 2.43. The van der Waals surface area contributed by atoms with Crippen molar-refractivity contribution in [2.24, 2.45) is 0 Å². The highest BCUT2D eigenvalue weighted by Crippen LogP contribution is 2.43. The van der Waals surface area contributed by atoms with Crippen molar-refractivity contribution in [1.82, 2.24) is 4.90 Å². The molecule has 29 heavy (non-hydrogen) atoms. The Morgan fingerprint density at radius 1 is 1.10 bits per heavy atom. The SMILES string of the molecule is CCC(=O)C1(c2ccccc2Oc2ccccc2)CCN(CC2CCCO2)CC1. The number of piperidine rings is 1. The van der Waals surface area contributed by atoms with Gasteiger partial charge in [-0.15, -0.1) is 0 Å². The van der Waals surface area contributed by atoms with Crippen LogP contribution < -0.4 is 4.74 Å². The molecule has 0 saturated carbocycles. The molecule has 2 aromatic carbocycles. The van der Waals surface area contributed by atoms with E-state index in [1.54, 1.807) is 0 Å². The van der Waals surface area contributed by atoms with Crippen LogP contribution in [0.2, 0.25) is 0 Å². The summed E-state index contributed by atoms with van der Waals surface area (Å²) in [5.74, 6) is 1.92. The fraction of sp³-hybridized carbons (Fsp3) is 0.480. The van der Waals surface area contributed by atoms with Crippen molar-refractivity contribution in [3.63, 3.8) is 0 Å². The zero-order valence-corrected chi connectivity index (χ0v) is 17.3. The molecular weight excluding hydrogens is 362 g/mol. The highest BCUT2D eigenvalue weighted by molar-refractivity contribution is 5.91. The van der Waals surface area contributed by atoms with Crippen LogP contribution in [0.4, 0.5) is 0 Å². The maximum absolute atomic E-state index is 13.2. The Kier molecular flexibility index (Phi) is 6.31. The predicted octanol–water partition coefficient (Wildman–Crippen LogP) is 4.97. The van der Waals surface area contributed by atoms with Crippen LogP contribution in [0.5, 0.6) is 11.5 Å². The van der Waals surface area contributed by atoms with Gasteiger partial charge in [0.05, 0.1) is 11.5 Å². The van der Waals surface area contributed by atoms with Crippen molar-refractivity contribution in [3.05, 3.63) is 60.2 Å². The Morgan fingerprint density at radius 3 is 2.52 bits per heavy atom. The molecule has 4 nitrogen and oxygen atoms in total. The molecule has 0 N–H and O–H groups in total. The average molecular weight is 394 g/mol. The molecule has 0 amide bonds. The lowest BCUT2D eigenvalue weighted by atomic mass is 9.68. The monoisotopic (exact) mass is 393 g/mol. The van der Waals surface area contributed by atoms with Gasteiger partial charge in [-0.3, -0.25) is 4.79 Å². The number of carbonyl (C=O) groups excluding carboxylic acids is 1. The van der Waals surface area contributed by atoms with E-state index >= 15 is 0 Å². The first kappa shape index (κ1) is 20.1. The normalized spacial score (nSPS) is 21.8. The third-order valence-corrected chi connectivity index (χ3v) is 6.42. The number of hydrogen-bond acceptors (Lipinski definition) is 4. The van der Waals surface area contributed by atoms with E-state index in [-0.39, 0.29) is 0 Å². The number of hydrogen-bond donors (Lipinski definition) is 0. The fourth-order valence-electron chi connectivity index (χ4n) is 4.80. The molecule has 1 atom stereocenters. The molecule has 0 bridgehead atoms. The molecule has 0 radical (unpaired) electrons. The zero-order chi connectivity index (χ0) is 20.1. The Balaban J connectivity index is 1.57. The van der Waals surface area contributed by atoms with Crippen LogP contribution in [0.1, 0.15) is 44.6 Å². The van der Waals surface area contributed by atoms with Crippen molar-refractivity contribution >= 4 is 5.78 Å². The van der Waals surface area contributed by atoms with Crippen LogP contribution >= 0.6 is 0 Å². The molecule has 0 aromatic heterocycles. The van der Waals surface area contributed by atoms with Gasteiger partial charge in [-0.05, 0) is 57.0 Å². The molecular formula is C25H31NO3. The van der Waals surface area contributed by atoms with Crippen molar-refractivity contribution in [2.75, 3.05) is 26.2 Å². The standard InChI is InChI=1S/C25H31NO3/c1-2-24(27)25(14-16-26(17-15-25)19-21-11-8-18-28-21)22-12-6-7-13-23(22)29-20-9-4-3-5-10-20/h3-7,9-10,12-13,21H,2,8,11,14-19H2,1H3. The molecule has 2 heterocycles. The molecule has 0 aliphatic carbocycles. The number of rotatable bonds is 7. The molecule has 4 rings (SSSR count). The van der Waals surface area contributed by atoms with Crippen LogP contribution in [0.25, 0.3) is 0 Å². The van der Waals surface area contributed by atoms with Crippen molar-refractivity contribution in [2.45, 2.75) is 50.5 Å². The van der Waals surface area contributed by atoms with E-state index in [9.17, 15) is 4.79 Å². The predicted molar refractivity (Wildman–Crippen MR) is 115 cm³/mol. The summed E-state index contributed by atoms with van der Waals surface area (Å²) in [6.45, 7) is 5.69. The van der Waals surface area contributed by atoms with Crippen molar-refractivity contribution < 1.29 is 14.3 Å². The lowest BCUT2D eigenvalue weighted by molar-refractivity contribution is -0.126. The second kappa shape index (κ2) is 9.10. The third kappa shape index (κ3) is 4.39. The maximum atomic E-state index is 13.2. The van der Waals surface area contributed by atoms with E-state index in [0.717, 1.165) is 62.6 Å². The van der Waals surface area contributed by atoms with Crippen molar-refractivity contribution in [1.29, 1.82) is 0 Å². The van der Waals surface area contributed by atoms with E-state index in [4.69, 9.17) is 9.47 Å². The fourth-order valence-corrected chi connectivity index (χ4v) is 4.80. The second-order valence-electron chi connectivity index (χ2n) is 8.21. The van der Waals surface area contributed by atoms with E-state index in [0.29, 0.717) is 18.3 Å². The zero-order valence-electron chi connectivity index (χ0n) is 17.3. The Morgan fingerprint density at radius 2 is 1.83 bits per heavy atom. The van der Waals surface area contributed by atoms with Crippen LogP contribution in [0, 0.1) is 0 Å². The van der Waals surface area contributed by atoms with E-state index in [2.05, 4.69) is 11.0 Å². The quantitative estimate of drug-likeness (QED) is 0.666. The third-order valence-electron chi connectivity index (χ3n) is 6.42. The van der Waals surface area contributed by atoms with Crippen molar-refractivity contribution in [3.8, 4) is 11.5 Å². The average Bonchev–Trinajstić information content (AvgIpc) is 3.28. The van der Waals surface area contributed by atoms with E-state index < -0.39 is 5.41 Å². The lowest BCUT2D eigenvalue weighted by Gasteiger charge is -2.42.